The van der Waals surface area contributed by atoms with E-state index in [0.29, 0.717) is 28.7 Å². The topological polar surface area (TPSA) is 183 Å². The number of aromatic nitrogens is 2. The van der Waals surface area contributed by atoms with Gasteiger partial charge in [-0.15, -0.1) is 0 Å². The van der Waals surface area contributed by atoms with Crippen LogP contribution in [0.15, 0.2) is 39.0 Å². The smallest absolute Gasteiger partial charge is 0.353 e. The van der Waals surface area contributed by atoms with E-state index >= 15 is 0 Å². The molecule has 3 unspecified atom stereocenters. The molecule has 2 aromatic rings. The summed E-state index contributed by atoms with van der Waals surface area (Å²) in [6.07, 6.45) is 3.65. The lowest BCUT2D eigenvalue weighted by Crippen LogP contribution is -2.72. The predicted molar refractivity (Wildman–Crippen MR) is 149 cm³/mol. The first-order valence-electron chi connectivity index (χ1n) is 12.0. The molecule has 16 heteroatoms. The van der Waals surface area contributed by atoms with Gasteiger partial charge in [0.05, 0.1) is 11.7 Å². The lowest BCUT2D eigenvalue weighted by Gasteiger charge is -2.50. The van der Waals surface area contributed by atoms with Crippen LogP contribution in [0.3, 0.4) is 0 Å². The first kappa shape index (κ1) is 27.7. The Morgan fingerprint density at radius 3 is 2.87 bits per heavy atom. The highest BCUT2D eigenvalue weighted by Gasteiger charge is 2.54. The Morgan fingerprint density at radius 1 is 1.38 bits per heavy atom. The third-order valence-electron chi connectivity index (χ3n) is 6.58. The number of amides is 2. The van der Waals surface area contributed by atoms with Gasteiger partial charge >= 0.3 is 5.97 Å². The van der Waals surface area contributed by atoms with Crippen LogP contribution >= 0.6 is 46.5 Å². The second kappa shape index (κ2) is 11.7. The highest BCUT2D eigenvalue weighted by Crippen LogP contribution is 2.44. The van der Waals surface area contributed by atoms with Crippen LogP contribution in [0.4, 0.5) is 5.13 Å². The van der Waals surface area contributed by atoms with Crippen molar-refractivity contribution in [2.24, 2.45) is 5.16 Å². The lowest BCUT2D eigenvalue weighted by atomic mass is 9.86. The van der Waals surface area contributed by atoms with Crippen LogP contribution in [0.1, 0.15) is 30.7 Å². The average molecular weight is 610 g/mol. The van der Waals surface area contributed by atoms with Gasteiger partial charge in [-0.2, -0.15) is 11.8 Å². The van der Waals surface area contributed by atoms with Crippen LogP contribution in [0.25, 0.3) is 0 Å². The first-order chi connectivity index (χ1) is 18.8. The SMILES string of the molecule is Nc1nc(C(=NO)C(=O)NC2C(=O)N3C(C(=O)O)=C(Sc4cccnc4CSC4CCNC4)CCC23)c(Cl)s1. The number of nitrogens with two attached hydrogens (primary N) is 1. The predicted octanol–water partition coefficient (Wildman–Crippen LogP) is 2.13. The molecule has 0 aliphatic carbocycles. The number of rotatable bonds is 9. The van der Waals surface area contributed by atoms with Crippen molar-refractivity contribution in [2.75, 3.05) is 18.8 Å². The van der Waals surface area contributed by atoms with Gasteiger partial charge in [0.1, 0.15) is 21.8 Å². The fraction of sp³-hybridized carbons (Fsp3) is 0.391. The molecule has 2 amide bonds. The number of carbonyl (C=O) groups excluding carboxylic acids is 2. The Balaban J connectivity index is 1.31. The van der Waals surface area contributed by atoms with E-state index < -0.39 is 35.6 Å². The number of pyridine rings is 1. The molecule has 6 N–H and O–H groups in total. The van der Waals surface area contributed by atoms with E-state index in [9.17, 15) is 24.7 Å². The number of oxime groups is 1. The van der Waals surface area contributed by atoms with Crippen molar-refractivity contribution in [1.82, 2.24) is 25.5 Å². The van der Waals surface area contributed by atoms with Crippen LogP contribution in [0.2, 0.25) is 4.34 Å². The molecule has 2 fully saturated rings. The number of carboxylic acid groups (broad SMARTS) is 1. The zero-order chi connectivity index (χ0) is 27.7. The summed E-state index contributed by atoms with van der Waals surface area (Å²) in [5.74, 6) is -1.97. The lowest BCUT2D eigenvalue weighted by molar-refractivity contribution is -0.155. The average Bonchev–Trinajstić information content (AvgIpc) is 3.55. The van der Waals surface area contributed by atoms with Crippen molar-refractivity contribution in [3.63, 3.8) is 0 Å². The fourth-order valence-corrected chi connectivity index (χ4v) is 8.05. The van der Waals surface area contributed by atoms with Crippen LogP contribution in [-0.4, -0.2) is 79.1 Å². The summed E-state index contributed by atoms with van der Waals surface area (Å²) in [5.41, 5.74) is 5.79. The number of nitrogens with zero attached hydrogens (tertiary/aromatic N) is 4. The number of allylic oxidation sites excluding steroid dienone is 1. The number of carbonyl (C=O) groups is 3. The maximum absolute atomic E-state index is 13.1. The van der Waals surface area contributed by atoms with E-state index in [0.717, 1.165) is 41.4 Å². The van der Waals surface area contributed by atoms with Crippen LogP contribution in [0.5, 0.6) is 0 Å². The molecular weight excluding hydrogens is 586 g/mol. The number of aliphatic carboxylic acids is 1. The summed E-state index contributed by atoms with van der Waals surface area (Å²) in [4.78, 5) is 49.3. The summed E-state index contributed by atoms with van der Waals surface area (Å²) in [7, 11) is 0. The Morgan fingerprint density at radius 2 is 2.21 bits per heavy atom. The molecule has 3 atom stereocenters. The van der Waals surface area contributed by atoms with Gasteiger partial charge in [-0.25, -0.2) is 9.78 Å². The van der Waals surface area contributed by atoms with E-state index in [-0.39, 0.29) is 20.9 Å². The zero-order valence-corrected chi connectivity index (χ0v) is 23.5. The molecule has 12 nitrogen and oxygen atoms in total. The third-order valence-corrected chi connectivity index (χ3v) is 10.2. The molecule has 0 radical (unpaired) electrons. The standard InChI is InChI=1S/C23H24ClN7O5S3/c24-19-16(29-23(25)39-19)17(30-36)20(32)28-15-12-3-4-14(18(22(34)35)31(12)21(15)33)38-13-2-1-6-27-11(13)9-37-10-5-7-26-8-10/h1-2,6,10,12,15,26,36H,3-5,7-9H2,(H2,25,29)(H,28,32)(H,34,35). The summed E-state index contributed by atoms with van der Waals surface area (Å²) >= 11 is 10.1. The second-order valence-corrected chi connectivity index (χ2v) is 13.0. The highest BCUT2D eigenvalue weighted by atomic mass is 35.5. The number of halogens is 1. The molecule has 3 aliphatic rings. The number of nitrogens with one attached hydrogen (secondary N) is 2. The quantitative estimate of drug-likeness (QED) is 0.121. The fourth-order valence-electron chi connectivity index (χ4n) is 4.73. The number of hydrogen-bond acceptors (Lipinski definition) is 12. The summed E-state index contributed by atoms with van der Waals surface area (Å²) < 4.78 is 0.0560. The number of thioether (sulfide) groups is 2. The number of fused-ring (bicyclic) bond motifs is 1. The van der Waals surface area contributed by atoms with Crippen molar-refractivity contribution in [3.8, 4) is 0 Å². The molecule has 39 heavy (non-hydrogen) atoms. The van der Waals surface area contributed by atoms with E-state index in [1.165, 1.54) is 16.7 Å². The van der Waals surface area contributed by atoms with Gasteiger partial charge in [-0.1, -0.05) is 39.9 Å². The molecule has 0 bridgehead atoms. The van der Waals surface area contributed by atoms with Gasteiger partial charge in [0, 0.05) is 33.5 Å². The monoisotopic (exact) mass is 609 g/mol. The van der Waals surface area contributed by atoms with E-state index in [4.69, 9.17) is 17.3 Å². The summed E-state index contributed by atoms with van der Waals surface area (Å²) in [5, 5.41) is 28.9. The van der Waals surface area contributed by atoms with Gasteiger partial charge < -0.3 is 26.7 Å². The molecule has 0 saturated carbocycles. The molecule has 206 valence electrons. The molecule has 2 saturated heterocycles. The molecule has 5 rings (SSSR count). The number of thiazole rings is 1. The number of β-lactam (4-membered cyclic amide) rings is 1. The van der Waals surface area contributed by atoms with Gasteiger partial charge in [0.2, 0.25) is 0 Å². The Hall–Kier alpha value is -2.85. The third kappa shape index (κ3) is 5.59. The van der Waals surface area contributed by atoms with E-state index in [2.05, 4.69) is 25.8 Å². The minimum atomic E-state index is -1.22. The molecule has 3 aliphatic heterocycles. The van der Waals surface area contributed by atoms with Crippen molar-refractivity contribution < 1.29 is 24.7 Å². The molecule has 0 aromatic carbocycles. The van der Waals surface area contributed by atoms with Crippen LogP contribution in [-0.2, 0) is 20.1 Å². The minimum absolute atomic E-state index is 0.0560. The van der Waals surface area contributed by atoms with Crippen molar-refractivity contribution >= 4 is 75.1 Å². The zero-order valence-electron chi connectivity index (χ0n) is 20.3. The highest BCUT2D eigenvalue weighted by molar-refractivity contribution is 8.03. The Bertz CT molecular complexity index is 1380. The van der Waals surface area contributed by atoms with Gasteiger partial charge in [0.25, 0.3) is 11.8 Å². The molecule has 0 spiro atoms. The normalized spacial score (nSPS) is 23.0. The van der Waals surface area contributed by atoms with Gasteiger partial charge in [-0.05, 0) is 37.9 Å². The number of anilines is 1. The maximum Gasteiger partial charge on any atom is 0.353 e. The summed E-state index contributed by atoms with van der Waals surface area (Å²) in [6, 6.07) is 2.16. The van der Waals surface area contributed by atoms with Crippen molar-refractivity contribution in [3.05, 3.63) is 44.7 Å². The van der Waals surface area contributed by atoms with E-state index in [1.54, 1.807) is 6.20 Å². The van der Waals surface area contributed by atoms with E-state index in [1.807, 2.05) is 23.9 Å². The number of nitrogen functional groups attached to an aromatic ring is 1. The molecule has 5 heterocycles. The minimum Gasteiger partial charge on any atom is -0.477 e. The molecule has 2 aromatic heterocycles. The number of carboxylic acids is 1. The molecular formula is C23H24ClN7O5S3. The number of hydrogen-bond donors (Lipinski definition) is 5. The van der Waals surface area contributed by atoms with Crippen LogP contribution in [0, 0.1) is 0 Å². The Labute approximate surface area is 240 Å². The Kier molecular flexibility index (Phi) is 8.32. The van der Waals surface area contributed by atoms with Gasteiger partial charge in [-0.3, -0.25) is 19.5 Å². The van der Waals surface area contributed by atoms with Crippen molar-refractivity contribution in [2.45, 2.75) is 47.2 Å². The largest absolute Gasteiger partial charge is 0.477 e. The van der Waals surface area contributed by atoms with Crippen LogP contribution < -0.4 is 16.4 Å². The second-order valence-electron chi connectivity index (χ2n) is 8.94. The summed E-state index contributed by atoms with van der Waals surface area (Å²) in [6.45, 7) is 1.96. The van der Waals surface area contributed by atoms with Crippen molar-refractivity contribution in [1.29, 1.82) is 0 Å². The maximum atomic E-state index is 13.1. The first-order valence-corrected chi connectivity index (χ1v) is 15.0. The van der Waals surface area contributed by atoms with Gasteiger partial charge in [0.15, 0.2) is 10.8 Å².